The Labute approximate surface area is 70.1 Å². The standard InChI is InChI=1S/C10H20O/c1-9(2)7-5-4-6-8-10(3)11/h7,10-11H,4-6,8H2,1-3H3. The molecule has 0 aromatic carbocycles. The Bertz CT molecular complexity index is 110. The van der Waals surface area contributed by atoms with Crippen LogP contribution in [0.2, 0.25) is 0 Å². The Kier molecular flexibility index (Phi) is 6.24. The van der Waals surface area contributed by atoms with Crippen molar-refractivity contribution in [1.29, 1.82) is 0 Å². The molecule has 0 bridgehead atoms. The molecule has 0 radical (unpaired) electrons. The highest BCUT2D eigenvalue weighted by atomic mass is 16.3. The van der Waals surface area contributed by atoms with Gasteiger partial charge in [-0.25, -0.2) is 0 Å². The van der Waals surface area contributed by atoms with Gasteiger partial charge in [-0.2, -0.15) is 0 Å². The van der Waals surface area contributed by atoms with Gasteiger partial charge >= 0.3 is 0 Å². The molecule has 66 valence electrons. The third kappa shape index (κ3) is 9.70. The predicted octanol–water partition coefficient (Wildman–Crippen LogP) is 2.89. The lowest BCUT2D eigenvalue weighted by Gasteiger charge is -2.01. The van der Waals surface area contributed by atoms with Crippen molar-refractivity contribution in [1.82, 2.24) is 0 Å². The van der Waals surface area contributed by atoms with Gasteiger partial charge in [0, 0.05) is 0 Å². The number of allylic oxidation sites excluding steroid dienone is 2. The van der Waals surface area contributed by atoms with Crippen molar-refractivity contribution in [3.63, 3.8) is 0 Å². The van der Waals surface area contributed by atoms with E-state index in [9.17, 15) is 0 Å². The third-order valence-corrected chi connectivity index (χ3v) is 1.63. The molecule has 1 heteroatoms. The first kappa shape index (κ1) is 10.7. The van der Waals surface area contributed by atoms with Crippen molar-refractivity contribution in [3.8, 4) is 0 Å². The van der Waals surface area contributed by atoms with Crippen molar-refractivity contribution < 1.29 is 5.11 Å². The fourth-order valence-corrected chi connectivity index (χ4v) is 0.975. The molecule has 0 fully saturated rings. The van der Waals surface area contributed by atoms with Gasteiger partial charge in [-0.15, -0.1) is 0 Å². The molecule has 0 aromatic heterocycles. The van der Waals surface area contributed by atoms with Gasteiger partial charge in [0.25, 0.3) is 0 Å². The Hall–Kier alpha value is -0.300. The Morgan fingerprint density at radius 3 is 2.45 bits per heavy atom. The number of aliphatic hydroxyl groups excluding tert-OH is 1. The van der Waals surface area contributed by atoms with E-state index >= 15 is 0 Å². The van der Waals surface area contributed by atoms with E-state index in [4.69, 9.17) is 5.11 Å². The van der Waals surface area contributed by atoms with Crippen LogP contribution in [0.15, 0.2) is 11.6 Å². The van der Waals surface area contributed by atoms with Gasteiger partial charge < -0.3 is 5.11 Å². The van der Waals surface area contributed by atoms with Crippen molar-refractivity contribution in [2.75, 3.05) is 0 Å². The zero-order valence-electron chi connectivity index (χ0n) is 7.93. The van der Waals surface area contributed by atoms with Crippen molar-refractivity contribution in [2.24, 2.45) is 0 Å². The average molecular weight is 156 g/mol. The van der Waals surface area contributed by atoms with E-state index in [1.165, 1.54) is 12.0 Å². The van der Waals surface area contributed by atoms with E-state index in [-0.39, 0.29) is 6.10 Å². The fourth-order valence-electron chi connectivity index (χ4n) is 0.975. The summed E-state index contributed by atoms with van der Waals surface area (Å²) in [6.45, 7) is 6.09. The van der Waals surface area contributed by atoms with Gasteiger partial charge in [-0.05, 0) is 40.0 Å². The molecular formula is C10H20O. The van der Waals surface area contributed by atoms with Gasteiger partial charge in [0.05, 0.1) is 6.10 Å². The minimum absolute atomic E-state index is 0.123. The quantitative estimate of drug-likeness (QED) is 0.479. The first-order valence-corrected chi connectivity index (χ1v) is 4.44. The highest BCUT2D eigenvalue weighted by molar-refractivity contribution is 4.92. The summed E-state index contributed by atoms with van der Waals surface area (Å²) in [6.07, 6.45) is 6.58. The molecular weight excluding hydrogens is 136 g/mol. The predicted molar refractivity (Wildman–Crippen MR) is 49.6 cm³/mol. The monoisotopic (exact) mass is 156 g/mol. The first-order valence-electron chi connectivity index (χ1n) is 4.44. The Morgan fingerprint density at radius 2 is 2.00 bits per heavy atom. The van der Waals surface area contributed by atoms with E-state index in [1.807, 2.05) is 6.92 Å². The normalized spacial score (nSPS) is 12.7. The molecule has 0 aromatic rings. The summed E-state index contributed by atoms with van der Waals surface area (Å²) in [5.74, 6) is 0. The molecule has 0 saturated heterocycles. The summed E-state index contributed by atoms with van der Waals surface area (Å²) in [5, 5.41) is 8.95. The van der Waals surface area contributed by atoms with Crippen molar-refractivity contribution in [3.05, 3.63) is 11.6 Å². The third-order valence-electron chi connectivity index (χ3n) is 1.63. The van der Waals surface area contributed by atoms with E-state index in [1.54, 1.807) is 0 Å². The minimum atomic E-state index is -0.123. The first-order chi connectivity index (χ1) is 5.13. The highest BCUT2D eigenvalue weighted by Gasteiger charge is 1.93. The molecule has 1 nitrogen and oxygen atoms in total. The second-order valence-corrected chi connectivity index (χ2v) is 3.41. The lowest BCUT2D eigenvalue weighted by molar-refractivity contribution is 0.181. The molecule has 1 N–H and O–H groups in total. The van der Waals surface area contributed by atoms with Crippen LogP contribution < -0.4 is 0 Å². The molecule has 0 aliphatic carbocycles. The number of hydrogen-bond donors (Lipinski definition) is 1. The van der Waals surface area contributed by atoms with Crippen molar-refractivity contribution in [2.45, 2.75) is 52.6 Å². The second kappa shape index (κ2) is 6.41. The molecule has 0 aliphatic rings. The number of aliphatic hydroxyl groups is 1. The van der Waals surface area contributed by atoms with Gasteiger partial charge in [-0.1, -0.05) is 18.1 Å². The summed E-state index contributed by atoms with van der Waals surface area (Å²) in [7, 11) is 0. The van der Waals surface area contributed by atoms with Gasteiger partial charge in [0.15, 0.2) is 0 Å². The maximum absolute atomic E-state index is 8.95. The van der Waals surface area contributed by atoms with E-state index in [2.05, 4.69) is 19.9 Å². The molecule has 1 unspecified atom stereocenters. The molecule has 0 aliphatic heterocycles. The van der Waals surface area contributed by atoms with E-state index in [0.717, 1.165) is 19.3 Å². The zero-order valence-corrected chi connectivity index (χ0v) is 7.93. The van der Waals surface area contributed by atoms with E-state index < -0.39 is 0 Å². The smallest absolute Gasteiger partial charge is 0.0512 e. The molecule has 0 amide bonds. The zero-order chi connectivity index (χ0) is 8.69. The van der Waals surface area contributed by atoms with Crippen LogP contribution in [0.25, 0.3) is 0 Å². The van der Waals surface area contributed by atoms with Crippen LogP contribution in [-0.4, -0.2) is 11.2 Å². The fraction of sp³-hybridized carbons (Fsp3) is 0.800. The summed E-state index contributed by atoms with van der Waals surface area (Å²) in [6, 6.07) is 0. The highest BCUT2D eigenvalue weighted by Crippen LogP contribution is 2.05. The SMILES string of the molecule is CC(C)=CCCCCC(C)O. The van der Waals surface area contributed by atoms with Crippen LogP contribution in [0.4, 0.5) is 0 Å². The van der Waals surface area contributed by atoms with Gasteiger partial charge in [0.1, 0.15) is 0 Å². The lowest BCUT2D eigenvalue weighted by Crippen LogP contribution is -1.97. The van der Waals surface area contributed by atoms with Crippen LogP contribution in [0.3, 0.4) is 0 Å². The van der Waals surface area contributed by atoms with Crippen molar-refractivity contribution >= 4 is 0 Å². The van der Waals surface area contributed by atoms with Gasteiger partial charge in [0.2, 0.25) is 0 Å². The lowest BCUT2D eigenvalue weighted by atomic mass is 10.1. The molecule has 0 heterocycles. The molecule has 1 atom stereocenters. The second-order valence-electron chi connectivity index (χ2n) is 3.41. The largest absolute Gasteiger partial charge is 0.393 e. The van der Waals surface area contributed by atoms with Crippen LogP contribution in [0, 0.1) is 0 Å². The van der Waals surface area contributed by atoms with Crippen LogP contribution >= 0.6 is 0 Å². The average Bonchev–Trinajstić information content (AvgIpc) is 1.85. The Balaban J connectivity index is 3.09. The Morgan fingerprint density at radius 1 is 1.36 bits per heavy atom. The van der Waals surface area contributed by atoms with Crippen LogP contribution in [0.5, 0.6) is 0 Å². The molecule has 0 spiro atoms. The summed E-state index contributed by atoms with van der Waals surface area (Å²) >= 11 is 0. The maximum Gasteiger partial charge on any atom is 0.0512 e. The summed E-state index contributed by atoms with van der Waals surface area (Å²) in [4.78, 5) is 0. The number of unbranched alkanes of at least 4 members (excludes halogenated alkanes) is 2. The number of hydrogen-bond acceptors (Lipinski definition) is 1. The minimum Gasteiger partial charge on any atom is -0.393 e. The van der Waals surface area contributed by atoms with Crippen LogP contribution in [0.1, 0.15) is 46.5 Å². The topological polar surface area (TPSA) is 20.2 Å². The van der Waals surface area contributed by atoms with Crippen LogP contribution in [-0.2, 0) is 0 Å². The van der Waals surface area contributed by atoms with Gasteiger partial charge in [-0.3, -0.25) is 0 Å². The molecule has 11 heavy (non-hydrogen) atoms. The summed E-state index contributed by atoms with van der Waals surface area (Å²) < 4.78 is 0. The van der Waals surface area contributed by atoms with E-state index in [0.29, 0.717) is 0 Å². The molecule has 0 rings (SSSR count). The molecule has 0 saturated carbocycles. The summed E-state index contributed by atoms with van der Waals surface area (Å²) in [5.41, 5.74) is 1.39. The maximum atomic E-state index is 8.95. The number of rotatable bonds is 5.